The van der Waals surface area contributed by atoms with Crippen molar-refractivity contribution in [2.24, 2.45) is 10.8 Å². The Hall–Kier alpha value is -3.93. The van der Waals surface area contributed by atoms with Crippen LogP contribution in [0.4, 0.5) is 0 Å². The van der Waals surface area contributed by atoms with Gasteiger partial charge in [-0.15, -0.1) is 11.1 Å². The monoisotopic (exact) mass is 606 g/mol. The van der Waals surface area contributed by atoms with Crippen molar-refractivity contribution in [1.82, 2.24) is 0 Å². The van der Waals surface area contributed by atoms with Crippen molar-refractivity contribution in [1.29, 1.82) is 0 Å². The molecule has 0 unspecified atom stereocenters. The fourth-order valence-corrected chi connectivity index (χ4v) is 6.93. The highest BCUT2D eigenvalue weighted by molar-refractivity contribution is 6.85. The zero-order chi connectivity index (χ0) is 32.2. The molecule has 0 bridgehead atoms. The maximum absolute atomic E-state index is 3.70. The van der Waals surface area contributed by atoms with Gasteiger partial charge in [-0.25, -0.2) is 0 Å². The average molecular weight is 607 g/mol. The van der Waals surface area contributed by atoms with E-state index in [1.807, 2.05) is 0 Å². The third-order valence-electron chi connectivity index (χ3n) is 7.31. The molecule has 0 saturated carbocycles. The van der Waals surface area contributed by atoms with Gasteiger partial charge in [0.25, 0.3) is 0 Å². The van der Waals surface area contributed by atoms with Gasteiger partial charge in [-0.1, -0.05) is 92.5 Å². The normalized spacial score (nSPS) is 11.8. The Balaban J connectivity index is 1.45. The number of hydrogen-bond donors (Lipinski definition) is 0. The van der Waals surface area contributed by atoms with Crippen molar-refractivity contribution in [3.8, 4) is 46.6 Å². The molecule has 0 heterocycles. The number of benzene rings is 4. The highest BCUT2D eigenvalue weighted by Gasteiger charge is 2.23. The van der Waals surface area contributed by atoms with Gasteiger partial charge in [-0.2, -0.15) is 0 Å². The third kappa shape index (κ3) is 10.4. The molecule has 4 rings (SSSR count). The van der Waals surface area contributed by atoms with Gasteiger partial charge in [0.2, 0.25) is 0 Å². The first-order valence-electron chi connectivity index (χ1n) is 15.7. The Labute approximate surface area is 269 Å². The van der Waals surface area contributed by atoms with Gasteiger partial charge in [0.05, 0.1) is 0 Å². The molecule has 0 atom stereocenters. The summed E-state index contributed by atoms with van der Waals surface area (Å²) in [4.78, 5) is 0. The first-order valence-corrected chi connectivity index (χ1v) is 22.4. The maximum Gasteiger partial charge on any atom is 0.132 e. The van der Waals surface area contributed by atoms with Gasteiger partial charge < -0.3 is 0 Å². The molecule has 2 heteroatoms. The van der Waals surface area contributed by atoms with E-state index < -0.39 is 16.1 Å². The van der Waals surface area contributed by atoms with Crippen LogP contribution >= 0.6 is 0 Å². The lowest BCUT2D eigenvalue weighted by Crippen LogP contribution is -2.26. The summed E-state index contributed by atoms with van der Waals surface area (Å²) in [5.41, 5.74) is 11.3. The van der Waals surface area contributed by atoms with Crippen molar-refractivity contribution in [3.05, 3.63) is 95.1 Å². The maximum atomic E-state index is 3.70. The molecule has 4 aromatic rings. The van der Waals surface area contributed by atoms with Gasteiger partial charge >= 0.3 is 0 Å². The van der Waals surface area contributed by atoms with Crippen LogP contribution in [0.3, 0.4) is 0 Å². The summed E-state index contributed by atoms with van der Waals surface area (Å²) < 4.78 is 0. The SMILES string of the molecule is CC(C)(C)C#Cc1ccc2ccc(C#CC(C)(C)CC[Si](C)(C)C#Cc3ccc4ccc(C#C[Si](C)(C)C)cc4c3)cc2c1. The standard InChI is InChI=1S/C42H46Si2/c1-41(2,3)23-19-33-11-15-37-16-12-34(30-39(37)29-33)20-24-42(4,5)25-28-44(9,10)27-22-36-14-18-38-17-13-35(31-40(38)32-36)21-26-43(6,7)8/h11-18,29-32H,25,28H2,1-10H3. The lowest BCUT2D eigenvalue weighted by Gasteiger charge is -2.22. The van der Waals surface area contributed by atoms with Crippen LogP contribution in [0, 0.1) is 57.4 Å². The molecule has 0 aliphatic heterocycles. The summed E-state index contributed by atoms with van der Waals surface area (Å²) in [6.07, 6.45) is 1.03. The molecule has 0 fully saturated rings. The Kier molecular flexibility index (Phi) is 9.72. The quantitative estimate of drug-likeness (QED) is 0.161. The van der Waals surface area contributed by atoms with E-state index in [-0.39, 0.29) is 10.8 Å². The summed E-state index contributed by atoms with van der Waals surface area (Å²) in [5, 5.41) is 4.83. The lowest BCUT2D eigenvalue weighted by atomic mass is 9.90. The zero-order valence-corrected chi connectivity index (χ0v) is 30.3. The van der Waals surface area contributed by atoms with Crippen molar-refractivity contribution >= 4 is 37.7 Å². The van der Waals surface area contributed by atoms with Crippen LogP contribution in [0.2, 0.25) is 38.8 Å². The summed E-state index contributed by atoms with van der Waals surface area (Å²) in [6.45, 7) is 22.5. The fraction of sp³-hybridized carbons (Fsp3) is 0.333. The number of fused-ring (bicyclic) bond motifs is 2. The van der Waals surface area contributed by atoms with E-state index in [1.165, 1.54) is 21.5 Å². The molecule has 0 spiro atoms. The first-order chi connectivity index (χ1) is 20.5. The van der Waals surface area contributed by atoms with Crippen molar-refractivity contribution in [2.75, 3.05) is 0 Å². The predicted molar refractivity (Wildman–Crippen MR) is 199 cm³/mol. The number of rotatable bonds is 3. The van der Waals surface area contributed by atoms with Gasteiger partial charge in [0.15, 0.2) is 0 Å². The van der Waals surface area contributed by atoms with Gasteiger partial charge in [0.1, 0.15) is 16.1 Å². The van der Waals surface area contributed by atoms with Crippen LogP contribution in [0.1, 0.15) is 63.3 Å². The van der Waals surface area contributed by atoms with Crippen molar-refractivity contribution in [2.45, 2.75) is 79.8 Å². The Morgan fingerprint density at radius 2 is 0.909 bits per heavy atom. The zero-order valence-electron chi connectivity index (χ0n) is 28.3. The van der Waals surface area contributed by atoms with Crippen LogP contribution in [-0.2, 0) is 0 Å². The van der Waals surface area contributed by atoms with E-state index in [0.29, 0.717) is 0 Å². The highest BCUT2D eigenvalue weighted by atomic mass is 28.3. The topological polar surface area (TPSA) is 0 Å². The Morgan fingerprint density at radius 1 is 0.500 bits per heavy atom. The second-order valence-corrected chi connectivity index (χ2v) is 24.6. The smallest absolute Gasteiger partial charge is 0.127 e. The van der Waals surface area contributed by atoms with E-state index in [1.54, 1.807) is 0 Å². The van der Waals surface area contributed by atoms with Crippen LogP contribution in [0.5, 0.6) is 0 Å². The minimum atomic E-state index is -1.74. The largest absolute Gasteiger partial charge is 0.132 e. The minimum absolute atomic E-state index is 0.0135. The van der Waals surface area contributed by atoms with Gasteiger partial charge in [-0.3, -0.25) is 0 Å². The molecular formula is C42H46Si2. The number of hydrogen-bond acceptors (Lipinski definition) is 0. The predicted octanol–water partition coefficient (Wildman–Crippen LogP) is 10.7. The molecule has 0 N–H and O–H groups in total. The van der Waals surface area contributed by atoms with Crippen molar-refractivity contribution in [3.63, 3.8) is 0 Å². The van der Waals surface area contributed by atoms with Gasteiger partial charge in [-0.05, 0) is 117 Å². The van der Waals surface area contributed by atoms with E-state index in [9.17, 15) is 0 Å². The average Bonchev–Trinajstić information content (AvgIpc) is 2.95. The molecule has 222 valence electrons. The third-order valence-corrected chi connectivity index (χ3v) is 10.5. The molecule has 0 nitrogen and oxygen atoms in total. The molecule has 0 amide bonds. The second kappa shape index (κ2) is 13.0. The summed E-state index contributed by atoms with van der Waals surface area (Å²) in [6, 6.07) is 27.0. The summed E-state index contributed by atoms with van der Waals surface area (Å²) in [7, 11) is -3.15. The van der Waals surface area contributed by atoms with E-state index >= 15 is 0 Å². The highest BCUT2D eigenvalue weighted by Crippen LogP contribution is 2.27. The van der Waals surface area contributed by atoms with Crippen LogP contribution in [0.25, 0.3) is 21.5 Å². The molecule has 0 aliphatic carbocycles. The molecule has 0 radical (unpaired) electrons. The molecule has 0 aromatic heterocycles. The van der Waals surface area contributed by atoms with E-state index in [4.69, 9.17) is 0 Å². The van der Waals surface area contributed by atoms with Gasteiger partial charge in [0, 0.05) is 33.1 Å². The minimum Gasteiger partial charge on any atom is -0.127 e. The molecule has 44 heavy (non-hydrogen) atoms. The van der Waals surface area contributed by atoms with Crippen LogP contribution < -0.4 is 0 Å². The molecule has 0 aliphatic rings. The Bertz CT molecular complexity index is 1800. The van der Waals surface area contributed by atoms with Crippen molar-refractivity contribution < 1.29 is 0 Å². The molecular weight excluding hydrogens is 561 g/mol. The summed E-state index contributed by atoms with van der Waals surface area (Å²) >= 11 is 0. The first kappa shape index (κ1) is 33.0. The van der Waals surface area contributed by atoms with E-state index in [2.05, 4.69) is 187 Å². The summed E-state index contributed by atoms with van der Waals surface area (Å²) in [5.74, 6) is 20.6. The fourth-order valence-electron chi connectivity index (χ4n) is 4.56. The molecule has 0 saturated heterocycles. The van der Waals surface area contributed by atoms with E-state index in [0.717, 1.165) is 34.7 Å². The molecule has 4 aromatic carbocycles. The van der Waals surface area contributed by atoms with Crippen LogP contribution in [0.15, 0.2) is 72.8 Å². The van der Waals surface area contributed by atoms with Crippen LogP contribution in [-0.4, -0.2) is 16.1 Å². The second-order valence-electron chi connectivity index (χ2n) is 15.3. The Morgan fingerprint density at radius 3 is 1.34 bits per heavy atom. The lowest BCUT2D eigenvalue weighted by molar-refractivity contribution is 0.482.